The topological polar surface area (TPSA) is 66.0 Å². The third-order valence-electron chi connectivity index (χ3n) is 3.27. The Bertz CT molecular complexity index is 901. The summed E-state index contributed by atoms with van der Waals surface area (Å²) in [7, 11) is 1.80. The van der Waals surface area contributed by atoms with Gasteiger partial charge in [0.2, 0.25) is 0 Å². The van der Waals surface area contributed by atoms with Crippen molar-refractivity contribution in [1.82, 2.24) is 15.0 Å². The van der Waals surface area contributed by atoms with Gasteiger partial charge in [-0.15, -0.1) is 0 Å². The number of nitrogens with one attached hydrogen (secondary N) is 2. The van der Waals surface area contributed by atoms with Crippen molar-refractivity contribution in [3.8, 4) is 11.4 Å². The molecule has 0 atom stereocenters. The SMILES string of the molecule is CC1=C(Nc2nc(-c3ccccc3)nc3cc[nH]c23)SI=N1. The predicted octanol–water partition coefficient (Wildman–Crippen LogP) is 5.04. The van der Waals surface area contributed by atoms with Crippen molar-refractivity contribution < 1.29 is 0 Å². The molecule has 110 valence electrons. The van der Waals surface area contributed by atoms with E-state index in [0.717, 1.165) is 39.0 Å². The summed E-state index contributed by atoms with van der Waals surface area (Å²) in [6, 6.07) is 12.0. The molecule has 0 saturated carbocycles. The highest BCUT2D eigenvalue weighted by atomic mass is 127. The second kappa shape index (κ2) is 5.81. The molecule has 0 unspecified atom stereocenters. The molecule has 3 heterocycles. The van der Waals surface area contributed by atoms with Gasteiger partial charge in [-0.1, -0.05) is 30.3 Å². The largest absolute Gasteiger partial charge is 0.357 e. The molecule has 0 amide bonds. The summed E-state index contributed by atoms with van der Waals surface area (Å²) in [5, 5.41) is 4.52. The fourth-order valence-corrected chi connectivity index (χ4v) is 6.13. The van der Waals surface area contributed by atoms with Crippen molar-refractivity contribution in [3.63, 3.8) is 0 Å². The zero-order chi connectivity index (χ0) is 14.9. The van der Waals surface area contributed by atoms with E-state index in [4.69, 9.17) is 4.98 Å². The number of hydrogen-bond donors (Lipinski definition) is 2. The van der Waals surface area contributed by atoms with E-state index in [0.29, 0.717) is 0 Å². The van der Waals surface area contributed by atoms with Crippen molar-refractivity contribution in [2.75, 3.05) is 5.32 Å². The zero-order valence-electron chi connectivity index (χ0n) is 11.7. The summed E-state index contributed by atoms with van der Waals surface area (Å²) in [4.78, 5) is 12.6. The Balaban J connectivity index is 1.83. The average molecular weight is 421 g/mol. The first-order valence-electron chi connectivity index (χ1n) is 6.72. The highest BCUT2D eigenvalue weighted by Crippen LogP contribution is 2.42. The Morgan fingerprint density at radius 1 is 1.14 bits per heavy atom. The van der Waals surface area contributed by atoms with E-state index < -0.39 is 0 Å². The van der Waals surface area contributed by atoms with Gasteiger partial charge in [-0.2, -0.15) is 0 Å². The molecule has 0 saturated heterocycles. The minimum atomic E-state index is -0.170. The molecule has 0 radical (unpaired) electrons. The Kier molecular flexibility index (Phi) is 3.67. The van der Waals surface area contributed by atoms with Gasteiger partial charge in [0.05, 0.1) is 30.9 Å². The fourth-order valence-electron chi connectivity index (χ4n) is 2.17. The summed E-state index contributed by atoms with van der Waals surface area (Å²) in [6.45, 7) is 2.03. The highest BCUT2D eigenvalue weighted by Gasteiger charge is 2.14. The lowest BCUT2D eigenvalue weighted by Crippen LogP contribution is -2.02. The first kappa shape index (κ1) is 13.9. The Labute approximate surface area is 140 Å². The Morgan fingerprint density at radius 2 is 2.00 bits per heavy atom. The van der Waals surface area contributed by atoms with Gasteiger partial charge in [0, 0.05) is 11.8 Å². The maximum absolute atomic E-state index is 4.71. The van der Waals surface area contributed by atoms with Crippen LogP contribution >= 0.6 is 28.6 Å². The number of allylic oxidation sites excluding steroid dienone is 1. The van der Waals surface area contributed by atoms with Crippen LogP contribution in [-0.2, 0) is 0 Å². The number of aromatic amines is 1. The second-order valence-electron chi connectivity index (χ2n) is 4.77. The number of benzene rings is 1. The highest BCUT2D eigenvalue weighted by molar-refractivity contribution is 14.2. The van der Waals surface area contributed by atoms with Crippen molar-refractivity contribution in [1.29, 1.82) is 0 Å². The first-order chi connectivity index (χ1) is 10.8. The van der Waals surface area contributed by atoms with Crippen LogP contribution in [0.5, 0.6) is 0 Å². The number of fused-ring (bicyclic) bond motifs is 1. The second-order valence-corrected chi connectivity index (χ2v) is 8.46. The van der Waals surface area contributed by atoms with Gasteiger partial charge < -0.3 is 10.3 Å². The third kappa shape index (κ3) is 2.54. The molecule has 2 N–H and O–H groups in total. The molecule has 1 aromatic carbocycles. The normalized spacial score (nSPS) is 14.4. The van der Waals surface area contributed by atoms with Gasteiger partial charge in [0.1, 0.15) is 10.5 Å². The van der Waals surface area contributed by atoms with E-state index in [1.165, 1.54) is 0 Å². The minimum Gasteiger partial charge on any atom is -0.357 e. The molecule has 2 aromatic heterocycles. The van der Waals surface area contributed by atoms with Crippen molar-refractivity contribution >= 4 is 45.4 Å². The molecule has 7 heteroatoms. The van der Waals surface area contributed by atoms with E-state index in [9.17, 15) is 0 Å². The van der Waals surface area contributed by atoms with Crippen molar-refractivity contribution in [2.24, 2.45) is 3.15 Å². The van der Waals surface area contributed by atoms with Crippen molar-refractivity contribution in [3.05, 3.63) is 53.3 Å². The maximum Gasteiger partial charge on any atom is 0.162 e. The summed E-state index contributed by atoms with van der Waals surface area (Å²) >= 11 is -0.170. The first-order valence-corrected chi connectivity index (χ1v) is 11.0. The van der Waals surface area contributed by atoms with Crippen LogP contribution in [0.25, 0.3) is 22.4 Å². The lowest BCUT2D eigenvalue weighted by molar-refractivity contribution is 1.20. The summed E-state index contributed by atoms with van der Waals surface area (Å²) < 4.78 is 4.50. The van der Waals surface area contributed by atoms with Gasteiger partial charge in [0.15, 0.2) is 11.6 Å². The molecule has 22 heavy (non-hydrogen) atoms. The maximum atomic E-state index is 4.71. The fraction of sp³-hybridized carbons (Fsp3) is 0.0667. The lowest BCUT2D eigenvalue weighted by Gasteiger charge is -2.09. The summed E-state index contributed by atoms with van der Waals surface area (Å²) in [5.41, 5.74) is 3.91. The smallest absolute Gasteiger partial charge is 0.162 e. The van der Waals surface area contributed by atoms with Crippen LogP contribution in [0.1, 0.15) is 6.92 Å². The average Bonchev–Trinajstić information content (AvgIpc) is 3.17. The number of H-pyrrole nitrogens is 1. The van der Waals surface area contributed by atoms with Crippen LogP contribution in [0.15, 0.2) is 56.5 Å². The monoisotopic (exact) mass is 421 g/mol. The number of nitrogens with zero attached hydrogens (tertiary/aromatic N) is 3. The van der Waals surface area contributed by atoms with Crippen LogP contribution in [0.2, 0.25) is 0 Å². The minimum absolute atomic E-state index is 0.170. The molecule has 3 aromatic rings. The van der Waals surface area contributed by atoms with Gasteiger partial charge in [0.25, 0.3) is 0 Å². The van der Waals surface area contributed by atoms with Gasteiger partial charge >= 0.3 is 0 Å². The van der Waals surface area contributed by atoms with Gasteiger partial charge in [-0.05, 0) is 21.9 Å². The van der Waals surface area contributed by atoms with E-state index in [2.05, 4.69) is 18.4 Å². The molecular formula is C15H12IN5S. The molecule has 1 aliphatic rings. The summed E-state index contributed by atoms with van der Waals surface area (Å²) in [6.07, 6.45) is 1.89. The van der Waals surface area contributed by atoms with E-state index in [1.807, 2.05) is 49.5 Å². The third-order valence-corrected chi connectivity index (χ3v) is 7.19. The van der Waals surface area contributed by atoms with Crippen LogP contribution < -0.4 is 5.32 Å². The van der Waals surface area contributed by atoms with Gasteiger partial charge in [-0.25, -0.2) is 13.1 Å². The number of rotatable bonds is 3. The van der Waals surface area contributed by atoms with E-state index in [-0.39, 0.29) is 19.6 Å². The van der Waals surface area contributed by atoms with Crippen LogP contribution in [0.3, 0.4) is 0 Å². The predicted molar refractivity (Wildman–Crippen MR) is 99.7 cm³/mol. The van der Waals surface area contributed by atoms with Crippen LogP contribution in [0, 0.1) is 0 Å². The van der Waals surface area contributed by atoms with Crippen LogP contribution in [0.4, 0.5) is 5.82 Å². The lowest BCUT2D eigenvalue weighted by atomic mass is 10.2. The number of anilines is 1. The molecule has 1 aliphatic heterocycles. The molecule has 0 bridgehead atoms. The Hall–Kier alpha value is -1.74. The van der Waals surface area contributed by atoms with Crippen molar-refractivity contribution in [2.45, 2.75) is 6.92 Å². The molecule has 4 rings (SSSR count). The molecule has 0 spiro atoms. The van der Waals surface area contributed by atoms with Crippen LogP contribution in [-0.4, -0.2) is 15.0 Å². The van der Waals surface area contributed by atoms with E-state index in [1.54, 1.807) is 8.93 Å². The standard InChI is InChI=1S/C15H12IN5S/c1-9-15(22-16-21-9)20-14-12-11(7-8-17-12)18-13(19-14)10-5-3-2-4-6-10/h2-8,17H,1H3,(H,18,19,20). The molecule has 5 nitrogen and oxygen atoms in total. The number of aromatic nitrogens is 3. The zero-order valence-corrected chi connectivity index (χ0v) is 14.6. The van der Waals surface area contributed by atoms with Gasteiger partial charge in [-0.3, -0.25) is 0 Å². The number of hydrogen-bond acceptors (Lipinski definition) is 5. The molecule has 0 fully saturated rings. The molecule has 0 aliphatic carbocycles. The molecular weight excluding hydrogens is 409 g/mol. The Morgan fingerprint density at radius 3 is 2.77 bits per heavy atom. The summed E-state index contributed by atoms with van der Waals surface area (Å²) in [5.74, 6) is 1.53. The van der Waals surface area contributed by atoms with E-state index >= 15 is 0 Å². The quantitative estimate of drug-likeness (QED) is 0.582. The number of halogens is 1.